The van der Waals surface area contributed by atoms with Crippen molar-refractivity contribution in [1.82, 2.24) is 10.3 Å². The number of thiazole rings is 1. The van der Waals surface area contributed by atoms with Crippen molar-refractivity contribution in [1.29, 1.82) is 0 Å². The lowest BCUT2D eigenvalue weighted by Gasteiger charge is -2.36. The first-order chi connectivity index (χ1) is 8.89. The van der Waals surface area contributed by atoms with E-state index in [0.717, 1.165) is 30.0 Å². The number of nitrogens with zero attached hydrogens (tertiary/aromatic N) is 1. The zero-order chi connectivity index (χ0) is 14.0. The lowest BCUT2D eigenvalue weighted by molar-refractivity contribution is -0.0133. The molecule has 0 spiro atoms. The van der Waals surface area contributed by atoms with Crippen LogP contribution in [0.2, 0.25) is 0 Å². The summed E-state index contributed by atoms with van der Waals surface area (Å²) >= 11 is 1.75. The third-order valence-corrected chi connectivity index (χ3v) is 5.39. The average Bonchev–Trinajstić information content (AvgIpc) is 2.65. The van der Waals surface area contributed by atoms with Gasteiger partial charge in [-0.1, -0.05) is 19.8 Å². The first-order valence-electron chi connectivity index (χ1n) is 7.29. The first-order valence-corrected chi connectivity index (χ1v) is 8.11. The first kappa shape index (κ1) is 14.9. The van der Waals surface area contributed by atoms with Crippen LogP contribution in [0.5, 0.6) is 0 Å². The van der Waals surface area contributed by atoms with Crippen LogP contribution in [0, 0.1) is 19.8 Å². The van der Waals surface area contributed by atoms with Crippen molar-refractivity contribution in [2.24, 2.45) is 5.92 Å². The summed E-state index contributed by atoms with van der Waals surface area (Å²) in [7, 11) is 0. The predicted molar refractivity (Wildman–Crippen MR) is 80.6 cm³/mol. The molecule has 1 heterocycles. The lowest BCUT2D eigenvalue weighted by Crippen LogP contribution is -2.44. The number of aliphatic hydroxyl groups is 1. The topological polar surface area (TPSA) is 45.2 Å². The molecule has 1 aromatic rings. The number of nitrogens with one attached hydrogen (secondary N) is 1. The summed E-state index contributed by atoms with van der Waals surface area (Å²) in [6, 6.07) is 0.271. The minimum absolute atomic E-state index is 0.271. The van der Waals surface area contributed by atoms with E-state index in [0.29, 0.717) is 12.5 Å². The fourth-order valence-corrected chi connectivity index (χ4v) is 4.13. The van der Waals surface area contributed by atoms with Crippen molar-refractivity contribution in [3.8, 4) is 0 Å². The number of aryl methyl sites for hydroxylation is 2. The molecule has 0 bridgehead atoms. The van der Waals surface area contributed by atoms with Crippen LogP contribution in [0.4, 0.5) is 0 Å². The zero-order valence-electron chi connectivity index (χ0n) is 12.5. The Morgan fingerprint density at radius 1 is 1.53 bits per heavy atom. The largest absolute Gasteiger partial charge is 0.389 e. The molecule has 0 saturated heterocycles. The molecule has 0 aliphatic heterocycles. The van der Waals surface area contributed by atoms with Gasteiger partial charge in [0.15, 0.2) is 0 Å². The minimum Gasteiger partial charge on any atom is -0.389 e. The monoisotopic (exact) mass is 282 g/mol. The molecule has 1 saturated carbocycles. The third kappa shape index (κ3) is 3.77. The number of hydrogen-bond acceptors (Lipinski definition) is 4. The van der Waals surface area contributed by atoms with Gasteiger partial charge in [0.2, 0.25) is 0 Å². The highest BCUT2D eigenvalue weighted by Crippen LogP contribution is 2.32. The van der Waals surface area contributed by atoms with Gasteiger partial charge in [-0.3, -0.25) is 0 Å². The fourth-order valence-electron chi connectivity index (χ4n) is 3.18. The van der Waals surface area contributed by atoms with Gasteiger partial charge in [0.1, 0.15) is 0 Å². The van der Waals surface area contributed by atoms with Crippen LogP contribution in [0.15, 0.2) is 0 Å². The molecular weight excluding hydrogens is 256 g/mol. The molecule has 3 unspecified atom stereocenters. The van der Waals surface area contributed by atoms with Gasteiger partial charge in [-0.25, -0.2) is 4.98 Å². The second-order valence-corrected chi connectivity index (χ2v) is 7.45. The number of hydrogen-bond donors (Lipinski definition) is 2. The lowest BCUT2D eigenvalue weighted by atomic mass is 9.79. The molecule has 1 fully saturated rings. The van der Waals surface area contributed by atoms with Crippen molar-refractivity contribution in [2.45, 2.75) is 65.0 Å². The van der Waals surface area contributed by atoms with Gasteiger partial charge in [0, 0.05) is 17.5 Å². The van der Waals surface area contributed by atoms with Crippen molar-refractivity contribution < 1.29 is 5.11 Å². The Kier molecular flexibility index (Phi) is 4.64. The zero-order valence-corrected chi connectivity index (χ0v) is 13.3. The highest BCUT2D eigenvalue weighted by Gasteiger charge is 2.32. The Bertz CT molecular complexity index is 432. The van der Waals surface area contributed by atoms with Gasteiger partial charge in [0.05, 0.1) is 16.3 Å². The average molecular weight is 282 g/mol. The normalized spacial score (nSPS) is 29.4. The molecule has 0 radical (unpaired) electrons. The maximum absolute atomic E-state index is 10.6. The summed E-state index contributed by atoms with van der Waals surface area (Å²) in [6.45, 7) is 9.20. The van der Waals surface area contributed by atoms with Crippen LogP contribution in [-0.2, 0) is 0 Å². The Morgan fingerprint density at radius 2 is 2.26 bits per heavy atom. The number of rotatable bonds is 4. The van der Waals surface area contributed by atoms with E-state index in [1.165, 1.54) is 11.3 Å². The van der Waals surface area contributed by atoms with Gasteiger partial charge in [-0.15, -0.1) is 11.3 Å². The minimum atomic E-state index is -0.514. The molecule has 4 heteroatoms. The molecule has 1 aliphatic rings. The third-order valence-electron chi connectivity index (χ3n) is 4.14. The summed E-state index contributed by atoms with van der Waals surface area (Å²) in [5.41, 5.74) is 0.603. The molecule has 3 atom stereocenters. The summed E-state index contributed by atoms with van der Waals surface area (Å²) in [6.07, 6.45) is 4.25. The second-order valence-electron chi connectivity index (χ2n) is 6.21. The van der Waals surface area contributed by atoms with E-state index in [1.54, 1.807) is 11.3 Å². The van der Waals surface area contributed by atoms with Crippen LogP contribution in [0.3, 0.4) is 0 Å². The Hall–Kier alpha value is -0.450. The van der Waals surface area contributed by atoms with E-state index < -0.39 is 5.60 Å². The molecular formula is C15H26N2OS. The highest BCUT2D eigenvalue weighted by molar-refractivity contribution is 7.11. The summed E-state index contributed by atoms with van der Waals surface area (Å²) < 4.78 is 0. The summed E-state index contributed by atoms with van der Waals surface area (Å²) in [4.78, 5) is 5.77. The molecule has 3 nitrogen and oxygen atoms in total. The number of aromatic nitrogens is 1. The van der Waals surface area contributed by atoms with Crippen LogP contribution in [0.1, 0.15) is 61.2 Å². The quantitative estimate of drug-likeness (QED) is 0.890. The van der Waals surface area contributed by atoms with Crippen LogP contribution in [-0.4, -0.2) is 22.2 Å². The van der Waals surface area contributed by atoms with Gasteiger partial charge in [0.25, 0.3) is 0 Å². The van der Waals surface area contributed by atoms with Gasteiger partial charge in [-0.05, 0) is 39.5 Å². The van der Waals surface area contributed by atoms with Gasteiger partial charge in [-0.2, -0.15) is 0 Å². The Morgan fingerprint density at radius 3 is 2.84 bits per heavy atom. The Balaban J connectivity index is 1.93. The van der Waals surface area contributed by atoms with E-state index in [4.69, 9.17) is 0 Å². The van der Waals surface area contributed by atoms with Crippen LogP contribution in [0.25, 0.3) is 0 Å². The van der Waals surface area contributed by atoms with Gasteiger partial charge >= 0.3 is 0 Å². The predicted octanol–water partition coefficient (Wildman–Crippen LogP) is 3.35. The van der Waals surface area contributed by atoms with E-state index in [-0.39, 0.29) is 6.04 Å². The van der Waals surface area contributed by atoms with Crippen molar-refractivity contribution in [2.75, 3.05) is 6.54 Å². The summed E-state index contributed by atoms with van der Waals surface area (Å²) in [5, 5.41) is 15.3. The van der Waals surface area contributed by atoms with E-state index in [9.17, 15) is 5.11 Å². The molecule has 1 aromatic heterocycles. The smallest absolute Gasteiger partial charge is 0.0900 e. The Labute approximate surface area is 120 Å². The fraction of sp³-hybridized carbons (Fsp3) is 0.800. The van der Waals surface area contributed by atoms with Crippen molar-refractivity contribution in [3.63, 3.8) is 0 Å². The van der Waals surface area contributed by atoms with Crippen molar-refractivity contribution in [3.05, 3.63) is 15.6 Å². The van der Waals surface area contributed by atoms with Crippen LogP contribution < -0.4 is 5.32 Å². The molecule has 2 N–H and O–H groups in total. The molecule has 0 aromatic carbocycles. The maximum atomic E-state index is 10.6. The van der Waals surface area contributed by atoms with E-state index in [2.05, 4.69) is 31.1 Å². The molecule has 0 amide bonds. The highest BCUT2D eigenvalue weighted by atomic mass is 32.1. The van der Waals surface area contributed by atoms with Gasteiger partial charge < -0.3 is 10.4 Å². The standard InChI is InChI=1S/C15H26N2OS/c1-10-6-5-7-15(18,8-10)9-16-11(2)14-12(3)17-13(4)19-14/h10-11,16,18H,5-9H2,1-4H3. The molecule has 1 aliphatic carbocycles. The molecule has 2 rings (SSSR count). The molecule has 19 heavy (non-hydrogen) atoms. The SMILES string of the molecule is Cc1nc(C)c(C(C)NCC2(O)CCCC(C)C2)s1. The second kappa shape index (κ2) is 5.90. The van der Waals surface area contributed by atoms with Crippen molar-refractivity contribution >= 4 is 11.3 Å². The van der Waals surface area contributed by atoms with E-state index in [1.807, 2.05) is 6.92 Å². The van der Waals surface area contributed by atoms with Crippen LogP contribution >= 0.6 is 11.3 Å². The summed E-state index contributed by atoms with van der Waals surface area (Å²) in [5.74, 6) is 0.642. The van der Waals surface area contributed by atoms with E-state index >= 15 is 0 Å². The molecule has 108 valence electrons. The maximum Gasteiger partial charge on any atom is 0.0900 e.